The van der Waals surface area contributed by atoms with E-state index in [1.54, 1.807) is 0 Å². The van der Waals surface area contributed by atoms with Gasteiger partial charge >= 0.3 is 0 Å². The number of aromatic nitrogens is 3. The van der Waals surface area contributed by atoms with Crippen LogP contribution in [0.15, 0.2) is 16.7 Å². The molecule has 4 heteroatoms. The maximum atomic E-state index is 4.59. The molecule has 0 atom stereocenters. The summed E-state index contributed by atoms with van der Waals surface area (Å²) in [6, 6.07) is 2.68. The Kier molecular flexibility index (Phi) is 2.06. The van der Waals surface area contributed by atoms with Gasteiger partial charge in [-0.25, -0.2) is 9.67 Å². The van der Waals surface area contributed by atoms with Crippen LogP contribution in [0, 0.1) is 6.92 Å². The van der Waals surface area contributed by atoms with Gasteiger partial charge in [-0.1, -0.05) is 0 Å². The summed E-state index contributed by atoms with van der Waals surface area (Å²) in [6.45, 7) is 2.05. The summed E-state index contributed by atoms with van der Waals surface area (Å²) < 4.78 is 3.12. The Bertz CT molecular complexity index is 514. The number of pyridine rings is 1. The van der Waals surface area contributed by atoms with Gasteiger partial charge in [0.2, 0.25) is 0 Å². The van der Waals surface area contributed by atoms with Gasteiger partial charge in [0.25, 0.3) is 0 Å². The molecule has 3 rings (SSSR count). The summed E-state index contributed by atoms with van der Waals surface area (Å²) in [6.07, 6.45) is 5.65. The minimum atomic E-state index is 0.579. The molecule has 1 aliphatic rings. The van der Waals surface area contributed by atoms with Crippen LogP contribution in [0.2, 0.25) is 0 Å². The fraction of sp³-hybridized carbons (Fsp3) is 0.455. The number of hydrogen-bond acceptors (Lipinski definition) is 2. The molecule has 1 fully saturated rings. The van der Waals surface area contributed by atoms with Crippen molar-refractivity contribution >= 4 is 27.0 Å². The molecular formula is C11H12BrN3. The molecule has 78 valence electrons. The molecule has 0 amide bonds. The van der Waals surface area contributed by atoms with Crippen molar-refractivity contribution in [2.45, 2.75) is 32.2 Å². The summed E-state index contributed by atoms with van der Waals surface area (Å²) >= 11 is 3.44. The Morgan fingerprint density at radius 2 is 2.27 bits per heavy atom. The first kappa shape index (κ1) is 9.33. The van der Waals surface area contributed by atoms with E-state index in [1.807, 2.05) is 13.1 Å². The molecule has 1 saturated carbocycles. The van der Waals surface area contributed by atoms with Crippen molar-refractivity contribution in [1.29, 1.82) is 0 Å². The molecule has 0 spiro atoms. The van der Waals surface area contributed by atoms with Crippen molar-refractivity contribution in [3.05, 3.63) is 22.4 Å². The molecule has 2 aromatic rings. The van der Waals surface area contributed by atoms with Gasteiger partial charge in [0.15, 0.2) is 5.65 Å². The van der Waals surface area contributed by atoms with Crippen LogP contribution in [0.1, 0.15) is 31.0 Å². The summed E-state index contributed by atoms with van der Waals surface area (Å²) in [5, 5.41) is 5.75. The van der Waals surface area contributed by atoms with E-state index in [2.05, 4.69) is 36.8 Å². The van der Waals surface area contributed by atoms with Crippen LogP contribution < -0.4 is 0 Å². The molecule has 3 nitrogen and oxygen atoms in total. The predicted octanol–water partition coefficient (Wildman–Crippen LogP) is 3.23. The van der Waals surface area contributed by atoms with E-state index < -0.39 is 0 Å². The van der Waals surface area contributed by atoms with Crippen LogP contribution >= 0.6 is 15.9 Å². The van der Waals surface area contributed by atoms with E-state index >= 15 is 0 Å². The Hall–Kier alpha value is -0.900. The number of halogens is 1. The minimum Gasteiger partial charge on any atom is -0.244 e. The quantitative estimate of drug-likeness (QED) is 0.793. The van der Waals surface area contributed by atoms with Gasteiger partial charge < -0.3 is 0 Å². The average molecular weight is 266 g/mol. The van der Waals surface area contributed by atoms with Crippen LogP contribution in [0.4, 0.5) is 0 Å². The zero-order valence-corrected chi connectivity index (χ0v) is 10.2. The Morgan fingerprint density at radius 3 is 2.93 bits per heavy atom. The van der Waals surface area contributed by atoms with E-state index in [1.165, 1.54) is 19.3 Å². The highest BCUT2D eigenvalue weighted by Gasteiger charge is 2.23. The molecule has 0 saturated heterocycles. The van der Waals surface area contributed by atoms with Crippen molar-refractivity contribution in [2.24, 2.45) is 0 Å². The highest BCUT2D eigenvalue weighted by molar-refractivity contribution is 9.10. The van der Waals surface area contributed by atoms with Gasteiger partial charge in [-0.2, -0.15) is 5.10 Å². The first-order chi connectivity index (χ1) is 7.25. The number of hydrogen-bond donors (Lipinski definition) is 0. The van der Waals surface area contributed by atoms with Gasteiger partial charge in [0, 0.05) is 16.1 Å². The topological polar surface area (TPSA) is 30.7 Å². The lowest BCUT2D eigenvalue weighted by Crippen LogP contribution is -2.18. The van der Waals surface area contributed by atoms with E-state index in [9.17, 15) is 0 Å². The van der Waals surface area contributed by atoms with Crippen molar-refractivity contribution in [2.75, 3.05) is 0 Å². The largest absolute Gasteiger partial charge is 0.244 e. The third kappa shape index (κ3) is 1.39. The van der Waals surface area contributed by atoms with Crippen molar-refractivity contribution in [3.63, 3.8) is 0 Å². The standard InChI is InChI=1S/C11H12BrN3/c1-7-10-5-8(12)6-13-11(10)15(14-7)9-3-2-4-9/h5-6,9H,2-4H2,1H3. The smallest absolute Gasteiger partial charge is 0.158 e. The number of fused-ring (bicyclic) bond motifs is 1. The third-order valence-corrected chi connectivity index (χ3v) is 3.55. The molecular weight excluding hydrogens is 254 g/mol. The maximum Gasteiger partial charge on any atom is 0.158 e. The Balaban J connectivity index is 2.22. The Labute approximate surface area is 96.6 Å². The summed E-state index contributed by atoms with van der Waals surface area (Å²) in [5.41, 5.74) is 2.10. The monoisotopic (exact) mass is 265 g/mol. The molecule has 0 N–H and O–H groups in total. The average Bonchev–Trinajstić information content (AvgIpc) is 2.41. The number of aryl methyl sites for hydroxylation is 1. The summed E-state index contributed by atoms with van der Waals surface area (Å²) in [5.74, 6) is 0. The molecule has 0 aromatic carbocycles. The number of rotatable bonds is 1. The minimum absolute atomic E-state index is 0.579. The van der Waals surface area contributed by atoms with Gasteiger partial charge in [0.1, 0.15) is 0 Å². The van der Waals surface area contributed by atoms with Gasteiger partial charge in [-0.15, -0.1) is 0 Å². The molecule has 2 heterocycles. The lowest BCUT2D eigenvalue weighted by atomic mass is 9.93. The van der Waals surface area contributed by atoms with Crippen LogP contribution in [0.5, 0.6) is 0 Å². The van der Waals surface area contributed by atoms with E-state index in [0.29, 0.717) is 6.04 Å². The summed E-state index contributed by atoms with van der Waals surface area (Å²) in [7, 11) is 0. The molecule has 0 bridgehead atoms. The molecule has 0 aliphatic heterocycles. The lowest BCUT2D eigenvalue weighted by Gasteiger charge is -2.25. The van der Waals surface area contributed by atoms with Gasteiger partial charge in [-0.05, 0) is 48.2 Å². The van der Waals surface area contributed by atoms with Crippen molar-refractivity contribution in [1.82, 2.24) is 14.8 Å². The number of nitrogens with zero attached hydrogens (tertiary/aromatic N) is 3. The second-order valence-electron chi connectivity index (χ2n) is 4.14. The van der Waals surface area contributed by atoms with E-state index in [-0.39, 0.29) is 0 Å². The normalized spacial score (nSPS) is 16.9. The maximum absolute atomic E-state index is 4.59. The Morgan fingerprint density at radius 1 is 1.47 bits per heavy atom. The highest BCUT2D eigenvalue weighted by atomic mass is 79.9. The molecule has 15 heavy (non-hydrogen) atoms. The second kappa shape index (κ2) is 3.30. The van der Waals surface area contributed by atoms with Crippen LogP contribution in [0.25, 0.3) is 11.0 Å². The zero-order valence-electron chi connectivity index (χ0n) is 8.57. The fourth-order valence-electron chi connectivity index (χ4n) is 2.03. The predicted molar refractivity (Wildman–Crippen MR) is 62.9 cm³/mol. The van der Waals surface area contributed by atoms with E-state index in [4.69, 9.17) is 0 Å². The van der Waals surface area contributed by atoms with Crippen LogP contribution in [-0.2, 0) is 0 Å². The van der Waals surface area contributed by atoms with Crippen molar-refractivity contribution in [3.8, 4) is 0 Å². The van der Waals surface area contributed by atoms with Gasteiger partial charge in [-0.3, -0.25) is 0 Å². The second-order valence-corrected chi connectivity index (χ2v) is 5.06. The van der Waals surface area contributed by atoms with E-state index in [0.717, 1.165) is 21.2 Å². The first-order valence-corrected chi connectivity index (χ1v) is 6.05. The van der Waals surface area contributed by atoms with Crippen LogP contribution in [0.3, 0.4) is 0 Å². The molecule has 1 aliphatic carbocycles. The third-order valence-electron chi connectivity index (χ3n) is 3.12. The first-order valence-electron chi connectivity index (χ1n) is 5.26. The molecule has 0 unspecified atom stereocenters. The lowest BCUT2D eigenvalue weighted by molar-refractivity contribution is 0.295. The van der Waals surface area contributed by atoms with Crippen molar-refractivity contribution < 1.29 is 0 Å². The zero-order chi connectivity index (χ0) is 10.4. The fourth-order valence-corrected chi connectivity index (χ4v) is 2.36. The van der Waals surface area contributed by atoms with Crippen LogP contribution in [-0.4, -0.2) is 14.8 Å². The SMILES string of the molecule is Cc1nn(C2CCC2)c2ncc(Br)cc12. The van der Waals surface area contributed by atoms with Gasteiger partial charge in [0.05, 0.1) is 11.7 Å². The molecule has 0 radical (unpaired) electrons. The molecule has 2 aromatic heterocycles. The highest BCUT2D eigenvalue weighted by Crippen LogP contribution is 2.34. The summed E-state index contributed by atoms with van der Waals surface area (Å²) in [4.78, 5) is 4.46.